The van der Waals surface area contributed by atoms with Crippen molar-refractivity contribution >= 4 is 6.16 Å². The molecule has 1 N–H and O–H groups in total. The third-order valence-electron chi connectivity index (χ3n) is 1.80. The summed E-state index contributed by atoms with van der Waals surface area (Å²) in [7, 11) is 0. The molecule has 0 fully saturated rings. The third-order valence-corrected chi connectivity index (χ3v) is 1.80. The molecule has 1 aromatic heterocycles. The van der Waals surface area contributed by atoms with E-state index < -0.39 is 6.16 Å². The van der Waals surface area contributed by atoms with Gasteiger partial charge in [-0.3, -0.25) is 0 Å². The molecule has 0 amide bonds. The van der Waals surface area contributed by atoms with E-state index in [1.54, 1.807) is 0 Å². The monoisotopic (exact) mass is 204 g/mol. The highest BCUT2D eigenvalue weighted by atomic mass is 16.7. The molecular formula is C10H8N2O3. The Morgan fingerprint density at radius 2 is 2.00 bits per heavy atom. The minimum Gasteiger partial charge on any atom is -0.449 e. The van der Waals surface area contributed by atoms with Crippen LogP contribution in [0.15, 0.2) is 42.6 Å². The van der Waals surface area contributed by atoms with Crippen LogP contribution in [0.4, 0.5) is 4.79 Å². The average Bonchev–Trinajstić information content (AvgIpc) is 2.66. The number of carbonyl (C=O) groups is 1. The lowest BCUT2D eigenvalue weighted by Crippen LogP contribution is -2.08. The summed E-state index contributed by atoms with van der Waals surface area (Å²) >= 11 is 0. The van der Waals surface area contributed by atoms with Crippen molar-refractivity contribution in [2.45, 2.75) is 0 Å². The minimum atomic E-state index is -1.35. The topological polar surface area (TPSA) is 64.3 Å². The summed E-state index contributed by atoms with van der Waals surface area (Å²) in [5.74, 6) is 0.175. The molecule has 1 aromatic carbocycles. The van der Waals surface area contributed by atoms with E-state index in [0.717, 1.165) is 5.69 Å². The lowest BCUT2D eigenvalue weighted by molar-refractivity contribution is 0.141. The third kappa shape index (κ3) is 1.96. The van der Waals surface area contributed by atoms with Gasteiger partial charge in [0.15, 0.2) is 0 Å². The lowest BCUT2D eigenvalue weighted by atomic mass is 10.3. The van der Waals surface area contributed by atoms with Crippen LogP contribution in [0.2, 0.25) is 0 Å². The number of carboxylic acid groups (broad SMARTS) is 1. The summed E-state index contributed by atoms with van der Waals surface area (Å²) in [5, 5.41) is 12.5. The smallest absolute Gasteiger partial charge is 0.449 e. The Bertz CT molecular complexity index is 465. The van der Waals surface area contributed by atoms with Crippen LogP contribution in [0.25, 0.3) is 5.69 Å². The fourth-order valence-electron chi connectivity index (χ4n) is 1.22. The second kappa shape index (κ2) is 3.83. The molecule has 76 valence electrons. The van der Waals surface area contributed by atoms with E-state index in [2.05, 4.69) is 9.84 Å². The molecular weight excluding hydrogens is 196 g/mol. The Hall–Kier alpha value is -2.30. The Morgan fingerprint density at radius 1 is 1.27 bits per heavy atom. The zero-order valence-corrected chi connectivity index (χ0v) is 7.70. The van der Waals surface area contributed by atoms with Crippen LogP contribution < -0.4 is 4.74 Å². The first-order valence-electron chi connectivity index (χ1n) is 4.27. The second-order valence-corrected chi connectivity index (χ2v) is 2.78. The molecule has 2 rings (SSSR count). The molecule has 2 aromatic rings. The van der Waals surface area contributed by atoms with E-state index in [9.17, 15) is 4.79 Å². The first kappa shape index (κ1) is 9.26. The SMILES string of the molecule is O=C(O)Oc1ccnn1-c1ccccc1. The number of nitrogens with zero attached hydrogens (tertiary/aromatic N) is 2. The highest BCUT2D eigenvalue weighted by Crippen LogP contribution is 2.16. The molecule has 5 nitrogen and oxygen atoms in total. The first-order chi connectivity index (χ1) is 7.27. The minimum absolute atomic E-state index is 0.175. The molecule has 0 aliphatic heterocycles. The zero-order valence-electron chi connectivity index (χ0n) is 7.70. The number of hydrogen-bond acceptors (Lipinski definition) is 3. The fourth-order valence-corrected chi connectivity index (χ4v) is 1.22. The quantitative estimate of drug-likeness (QED) is 0.759. The van der Waals surface area contributed by atoms with E-state index in [0.29, 0.717) is 0 Å². The molecule has 0 unspecified atom stereocenters. The first-order valence-corrected chi connectivity index (χ1v) is 4.27. The maximum absolute atomic E-state index is 10.4. The molecule has 0 atom stereocenters. The Labute approximate surface area is 85.5 Å². The van der Waals surface area contributed by atoms with E-state index in [4.69, 9.17) is 5.11 Å². The van der Waals surface area contributed by atoms with Crippen molar-refractivity contribution in [2.75, 3.05) is 0 Å². The van der Waals surface area contributed by atoms with Crippen LogP contribution >= 0.6 is 0 Å². The van der Waals surface area contributed by atoms with Crippen molar-refractivity contribution in [3.05, 3.63) is 42.6 Å². The highest BCUT2D eigenvalue weighted by molar-refractivity contribution is 5.60. The summed E-state index contributed by atoms with van der Waals surface area (Å²) in [6.07, 6.45) is 0.123. The van der Waals surface area contributed by atoms with Gasteiger partial charge in [0.05, 0.1) is 11.9 Å². The van der Waals surface area contributed by atoms with Gasteiger partial charge in [-0.25, -0.2) is 9.48 Å². The van der Waals surface area contributed by atoms with Crippen LogP contribution in [-0.4, -0.2) is 21.0 Å². The normalized spacial score (nSPS) is 9.87. The van der Waals surface area contributed by atoms with E-state index in [-0.39, 0.29) is 5.88 Å². The van der Waals surface area contributed by atoms with Gasteiger partial charge in [0.2, 0.25) is 5.88 Å². The van der Waals surface area contributed by atoms with Gasteiger partial charge in [-0.05, 0) is 12.1 Å². The molecule has 0 spiro atoms. The van der Waals surface area contributed by atoms with Crippen molar-refractivity contribution in [2.24, 2.45) is 0 Å². The second-order valence-electron chi connectivity index (χ2n) is 2.78. The van der Waals surface area contributed by atoms with E-state index >= 15 is 0 Å². The van der Waals surface area contributed by atoms with Gasteiger partial charge < -0.3 is 9.84 Å². The molecule has 0 saturated heterocycles. The van der Waals surface area contributed by atoms with Crippen molar-refractivity contribution < 1.29 is 14.6 Å². The van der Waals surface area contributed by atoms with Crippen LogP contribution in [0.5, 0.6) is 5.88 Å². The van der Waals surface area contributed by atoms with Crippen LogP contribution in [0, 0.1) is 0 Å². The lowest BCUT2D eigenvalue weighted by Gasteiger charge is -2.04. The molecule has 0 radical (unpaired) electrons. The number of ether oxygens (including phenoxy) is 1. The van der Waals surface area contributed by atoms with Gasteiger partial charge in [0.1, 0.15) is 0 Å². The average molecular weight is 204 g/mol. The van der Waals surface area contributed by atoms with Crippen LogP contribution in [-0.2, 0) is 0 Å². The number of hydrogen-bond donors (Lipinski definition) is 1. The van der Waals surface area contributed by atoms with E-state index in [1.807, 2.05) is 30.3 Å². The van der Waals surface area contributed by atoms with E-state index in [1.165, 1.54) is 16.9 Å². The summed E-state index contributed by atoms with van der Waals surface area (Å²) in [6, 6.07) is 10.6. The van der Waals surface area contributed by atoms with Gasteiger partial charge in [-0.15, -0.1) is 0 Å². The predicted octanol–water partition coefficient (Wildman–Crippen LogP) is 1.93. The van der Waals surface area contributed by atoms with Crippen LogP contribution in [0.3, 0.4) is 0 Å². The van der Waals surface area contributed by atoms with Gasteiger partial charge in [-0.2, -0.15) is 5.10 Å². The number of benzene rings is 1. The molecule has 5 heteroatoms. The Kier molecular flexibility index (Phi) is 2.37. The Morgan fingerprint density at radius 3 is 2.67 bits per heavy atom. The van der Waals surface area contributed by atoms with Crippen molar-refractivity contribution in [1.29, 1.82) is 0 Å². The van der Waals surface area contributed by atoms with Crippen molar-refractivity contribution in [3.8, 4) is 11.6 Å². The van der Waals surface area contributed by atoms with Gasteiger partial charge in [-0.1, -0.05) is 18.2 Å². The maximum Gasteiger partial charge on any atom is 0.512 e. The van der Waals surface area contributed by atoms with Crippen molar-refractivity contribution in [1.82, 2.24) is 9.78 Å². The standard InChI is InChI=1S/C10H8N2O3/c13-10(14)15-9-6-7-11-12(9)8-4-2-1-3-5-8/h1-7H,(H,13,14). The Balaban J connectivity index is 2.37. The molecule has 0 aliphatic carbocycles. The number of rotatable bonds is 2. The molecule has 15 heavy (non-hydrogen) atoms. The number of para-hydroxylation sites is 1. The molecule has 0 aliphatic rings. The van der Waals surface area contributed by atoms with Crippen LogP contribution in [0.1, 0.15) is 0 Å². The fraction of sp³-hybridized carbons (Fsp3) is 0. The molecule has 0 bridgehead atoms. The van der Waals surface area contributed by atoms with Gasteiger partial charge in [0.25, 0.3) is 0 Å². The summed E-state index contributed by atoms with van der Waals surface area (Å²) in [4.78, 5) is 10.4. The van der Waals surface area contributed by atoms with Crippen molar-refractivity contribution in [3.63, 3.8) is 0 Å². The molecule has 0 saturated carbocycles. The highest BCUT2D eigenvalue weighted by Gasteiger charge is 2.08. The summed E-state index contributed by atoms with van der Waals surface area (Å²) in [6.45, 7) is 0. The zero-order chi connectivity index (χ0) is 10.7. The predicted molar refractivity (Wildman–Crippen MR) is 52.2 cm³/mol. The summed E-state index contributed by atoms with van der Waals surface area (Å²) < 4.78 is 5.97. The molecule has 1 heterocycles. The largest absolute Gasteiger partial charge is 0.512 e. The van der Waals surface area contributed by atoms with Gasteiger partial charge >= 0.3 is 6.16 Å². The van der Waals surface area contributed by atoms with Gasteiger partial charge in [0, 0.05) is 6.07 Å². The summed E-state index contributed by atoms with van der Waals surface area (Å²) in [5.41, 5.74) is 0.749. The maximum atomic E-state index is 10.4. The number of aromatic nitrogens is 2.